The molecule has 1 aliphatic rings. The standard InChI is InChI=1S/C15H17N5O3.ClH/c21-15(17-11-2-1-8-16-10-11)14-7-9-19(18-14)12-3-5-13(6-4-12)20(22)23;/h3-7,9,11,16H,1-2,8,10H2,(H,17,21);1H. The predicted molar refractivity (Wildman–Crippen MR) is 90.8 cm³/mol. The number of halogens is 1. The van der Waals surface area contributed by atoms with Crippen LogP contribution < -0.4 is 10.6 Å². The Morgan fingerprint density at radius 2 is 2.08 bits per heavy atom. The molecule has 1 saturated heterocycles. The lowest BCUT2D eigenvalue weighted by atomic mass is 10.1. The van der Waals surface area contributed by atoms with Crippen LogP contribution in [0.25, 0.3) is 5.69 Å². The maximum atomic E-state index is 12.2. The molecule has 0 radical (unpaired) electrons. The van der Waals surface area contributed by atoms with E-state index in [-0.39, 0.29) is 30.0 Å². The smallest absolute Gasteiger partial charge is 0.272 e. The molecule has 0 saturated carbocycles. The summed E-state index contributed by atoms with van der Waals surface area (Å²) in [5.74, 6) is -0.209. The highest BCUT2D eigenvalue weighted by Gasteiger charge is 2.18. The molecule has 2 N–H and O–H groups in total. The highest BCUT2D eigenvalue weighted by Crippen LogP contribution is 2.15. The average Bonchev–Trinajstić information content (AvgIpc) is 3.06. The van der Waals surface area contributed by atoms with Gasteiger partial charge in [0.25, 0.3) is 11.6 Å². The van der Waals surface area contributed by atoms with Crippen LogP contribution in [0.1, 0.15) is 23.3 Å². The third-order valence-corrected chi connectivity index (χ3v) is 3.78. The zero-order valence-electron chi connectivity index (χ0n) is 12.8. The first-order chi connectivity index (χ1) is 11.1. The van der Waals surface area contributed by atoms with E-state index >= 15 is 0 Å². The van der Waals surface area contributed by atoms with E-state index in [4.69, 9.17) is 0 Å². The Morgan fingerprint density at radius 3 is 2.71 bits per heavy atom. The van der Waals surface area contributed by atoms with E-state index in [2.05, 4.69) is 15.7 Å². The van der Waals surface area contributed by atoms with Crippen molar-refractivity contribution in [1.29, 1.82) is 0 Å². The van der Waals surface area contributed by atoms with Crippen LogP contribution in [0.5, 0.6) is 0 Å². The summed E-state index contributed by atoms with van der Waals surface area (Å²) in [6, 6.07) is 7.76. The molecule has 3 rings (SSSR count). The van der Waals surface area contributed by atoms with Gasteiger partial charge >= 0.3 is 0 Å². The highest BCUT2D eigenvalue weighted by molar-refractivity contribution is 5.92. The van der Waals surface area contributed by atoms with Crippen molar-refractivity contribution in [1.82, 2.24) is 20.4 Å². The minimum Gasteiger partial charge on any atom is -0.347 e. The van der Waals surface area contributed by atoms with Gasteiger partial charge in [0.1, 0.15) is 0 Å². The molecule has 1 amide bonds. The zero-order chi connectivity index (χ0) is 16.2. The van der Waals surface area contributed by atoms with Crippen molar-refractivity contribution in [2.75, 3.05) is 13.1 Å². The van der Waals surface area contributed by atoms with Crippen molar-refractivity contribution >= 4 is 24.0 Å². The number of non-ortho nitro benzene ring substituents is 1. The van der Waals surface area contributed by atoms with Crippen molar-refractivity contribution in [3.8, 4) is 5.69 Å². The summed E-state index contributed by atoms with van der Waals surface area (Å²) in [6.07, 6.45) is 3.67. The molecule has 1 fully saturated rings. The fourth-order valence-electron chi connectivity index (χ4n) is 2.55. The van der Waals surface area contributed by atoms with Gasteiger partial charge in [-0.2, -0.15) is 5.10 Å². The maximum Gasteiger partial charge on any atom is 0.272 e. The molecule has 0 spiro atoms. The van der Waals surface area contributed by atoms with Crippen molar-refractivity contribution < 1.29 is 9.72 Å². The Hall–Kier alpha value is -2.45. The quantitative estimate of drug-likeness (QED) is 0.644. The average molecular weight is 352 g/mol. The van der Waals surface area contributed by atoms with Gasteiger partial charge in [-0.15, -0.1) is 12.4 Å². The van der Waals surface area contributed by atoms with Gasteiger partial charge < -0.3 is 10.6 Å². The first-order valence-electron chi connectivity index (χ1n) is 7.45. The molecular formula is C15H18ClN5O3. The number of hydrogen-bond donors (Lipinski definition) is 2. The van der Waals surface area contributed by atoms with Crippen molar-refractivity contribution in [3.63, 3.8) is 0 Å². The minimum atomic E-state index is -0.454. The molecule has 1 aromatic carbocycles. The number of hydrogen-bond acceptors (Lipinski definition) is 5. The third kappa shape index (κ3) is 4.09. The second-order valence-electron chi connectivity index (χ2n) is 5.44. The van der Waals surface area contributed by atoms with Crippen molar-refractivity contribution in [2.45, 2.75) is 18.9 Å². The van der Waals surface area contributed by atoms with Crippen LogP contribution in [0.2, 0.25) is 0 Å². The lowest BCUT2D eigenvalue weighted by Crippen LogP contribution is -2.45. The van der Waals surface area contributed by atoms with Crippen LogP contribution in [0.3, 0.4) is 0 Å². The second-order valence-corrected chi connectivity index (χ2v) is 5.44. The Morgan fingerprint density at radius 1 is 1.33 bits per heavy atom. The van der Waals surface area contributed by atoms with Crippen LogP contribution in [0, 0.1) is 10.1 Å². The van der Waals surface area contributed by atoms with Gasteiger partial charge in [0.2, 0.25) is 0 Å². The normalized spacial score (nSPS) is 16.9. The van der Waals surface area contributed by atoms with E-state index in [9.17, 15) is 14.9 Å². The van der Waals surface area contributed by atoms with E-state index in [1.165, 1.54) is 16.8 Å². The molecule has 128 valence electrons. The lowest BCUT2D eigenvalue weighted by molar-refractivity contribution is -0.384. The predicted octanol–water partition coefficient (Wildman–Crippen LogP) is 1.68. The van der Waals surface area contributed by atoms with Crippen LogP contribution >= 0.6 is 12.4 Å². The van der Waals surface area contributed by atoms with E-state index in [1.54, 1.807) is 24.4 Å². The van der Waals surface area contributed by atoms with Gasteiger partial charge in [0.05, 0.1) is 10.6 Å². The first-order valence-corrected chi connectivity index (χ1v) is 7.45. The number of carbonyl (C=O) groups excluding carboxylic acids is 1. The number of carbonyl (C=O) groups is 1. The Kier molecular flexibility index (Phi) is 5.88. The van der Waals surface area contributed by atoms with Crippen LogP contribution in [0.15, 0.2) is 36.5 Å². The minimum absolute atomic E-state index is 0. The van der Waals surface area contributed by atoms with Gasteiger partial charge in [-0.25, -0.2) is 4.68 Å². The number of nitrogens with zero attached hydrogens (tertiary/aromatic N) is 3. The van der Waals surface area contributed by atoms with Crippen LogP contribution in [-0.2, 0) is 0 Å². The monoisotopic (exact) mass is 351 g/mol. The van der Waals surface area contributed by atoms with E-state index in [0.717, 1.165) is 25.9 Å². The summed E-state index contributed by atoms with van der Waals surface area (Å²) >= 11 is 0. The Balaban J connectivity index is 0.00000208. The fraction of sp³-hybridized carbons (Fsp3) is 0.333. The number of nitro benzene ring substituents is 1. The summed E-state index contributed by atoms with van der Waals surface area (Å²) in [6.45, 7) is 1.76. The van der Waals surface area contributed by atoms with Crippen LogP contribution in [0.4, 0.5) is 5.69 Å². The number of nitro groups is 1. The zero-order valence-corrected chi connectivity index (χ0v) is 13.7. The molecule has 24 heavy (non-hydrogen) atoms. The van der Waals surface area contributed by atoms with E-state index < -0.39 is 4.92 Å². The molecule has 0 aliphatic carbocycles. The molecule has 2 heterocycles. The SMILES string of the molecule is Cl.O=C(NC1CCCNC1)c1ccn(-c2ccc([N+](=O)[O-])cc2)n1. The van der Waals surface area contributed by atoms with Gasteiger partial charge in [-0.1, -0.05) is 0 Å². The number of piperidine rings is 1. The molecule has 2 aromatic rings. The molecular weight excluding hydrogens is 334 g/mol. The third-order valence-electron chi connectivity index (χ3n) is 3.78. The highest BCUT2D eigenvalue weighted by atomic mass is 35.5. The molecule has 1 aromatic heterocycles. The summed E-state index contributed by atoms with van der Waals surface area (Å²) in [5.41, 5.74) is 1.01. The summed E-state index contributed by atoms with van der Waals surface area (Å²) in [4.78, 5) is 22.4. The molecule has 9 heteroatoms. The number of aromatic nitrogens is 2. The fourth-order valence-corrected chi connectivity index (χ4v) is 2.55. The Bertz CT molecular complexity index is 710. The van der Waals surface area contributed by atoms with Crippen LogP contribution in [-0.4, -0.2) is 39.7 Å². The number of amides is 1. The number of benzene rings is 1. The second kappa shape index (κ2) is 7.89. The Labute approximate surface area is 144 Å². The van der Waals surface area contributed by atoms with E-state index in [1.807, 2.05) is 0 Å². The summed E-state index contributed by atoms with van der Waals surface area (Å²) in [7, 11) is 0. The maximum absolute atomic E-state index is 12.2. The molecule has 8 nitrogen and oxygen atoms in total. The van der Waals surface area contributed by atoms with E-state index in [0.29, 0.717) is 11.4 Å². The van der Waals surface area contributed by atoms with Gasteiger partial charge in [-0.05, 0) is 37.6 Å². The summed E-state index contributed by atoms with van der Waals surface area (Å²) in [5, 5.41) is 21.1. The molecule has 1 unspecified atom stereocenters. The molecule has 1 aliphatic heterocycles. The number of rotatable bonds is 4. The van der Waals surface area contributed by atoms with Crippen molar-refractivity contribution in [2.24, 2.45) is 0 Å². The summed E-state index contributed by atoms with van der Waals surface area (Å²) < 4.78 is 1.53. The molecule has 0 bridgehead atoms. The van der Waals surface area contributed by atoms with Gasteiger partial charge in [0.15, 0.2) is 5.69 Å². The molecule has 1 atom stereocenters. The van der Waals surface area contributed by atoms with Gasteiger partial charge in [-0.3, -0.25) is 14.9 Å². The van der Waals surface area contributed by atoms with Crippen molar-refractivity contribution in [3.05, 3.63) is 52.3 Å². The largest absolute Gasteiger partial charge is 0.347 e. The van der Waals surface area contributed by atoms with Gasteiger partial charge in [0, 0.05) is 30.9 Å². The topological polar surface area (TPSA) is 102 Å². The number of nitrogens with one attached hydrogen (secondary N) is 2. The lowest BCUT2D eigenvalue weighted by Gasteiger charge is -2.23. The first kappa shape index (κ1) is 17.9.